The Bertz CT molecular complexity index is 420. The van der Waals surface area contributed by atoms with Crippen molar-refractivity contribution in [1.82, 2.24) is 0 Å². The van der Waals surface area contributed by atoms with Crippen molar-refractivity contribution < 1.29 is 9.47 Å². The van der Waals surface area contributed by atoms with Crippen LogP contribution in [-0.2, 0) is 6.42 Å². The molecule has 0 fully saturated rings. The first-order valence-corrected chi connectivity index (χ1v) is 9.34. The van der Waals surface area contributed by atoms with Gasteiger partial charge in [0.2, 0.25) is 6.79 Å². The molecule has 2 nitrogen and oxygen atoms in total. The predicted molar refractivity (Wildman–Crippen MR) is 91.6 cm³/mol. The first-order valence-electron chi connectivity index (χ1n) is 8.29. The molecule has 0 aliphatic carbocycles. The van der Waals surface area contributed by atoms with Gasteiger partial charge in [-0.05, 0) is 36.3 Å². The van der Waals surface area contributed by atoms with Gasteiger partial charge in [0.05, 0.1) is 0 Å². The number of fused-ring (bicyclic) bond motifs is 1. The van der Waals surface area contributed by atoms with Crippen LogP contribution in [0.5, 0.6) is 11.5 Å². The van der Waals surface area contributed by atoms with Gasteiger partial charge in [-0.1, -0.05) is 52.0 Å². The van der Waals surface area contributed by atoms with E-state index in [1.165, 1.54) is 49.8 Å². The minimum atomic E-state index is 0.362. The van der Waals surface area contributed by atoms with E-state index < -0.39 is 0 Å². The zero-order valence-corrected chi connectivity index (χ0v) is 14.2. The van der Waals surface area contributed by atoms with E-state index in [4.69, 9.17) is 9.47 Å². The molecule has 0 aromatic heterocycles. The van der Waals surface area contributed by atoms with Crippen LogP contribution in [0.1, 0.15) is 57.9 Å². The summed E-state index contributed by atoms with van der Waals surface area (Å²) in [5.74, 6) is 3.07. The van der Waals surface area contributed by atoms with Gasteiger partial charge in [0, 0.05) is 5.25 Å². The number of ether oxygens (including phenoxy) is 2. The average molecular weight is 308 g/mol. The number of unbranched alkanes of at least 4 members (excludes halogenated alkanes) is 5. The fraction of sp³-hybridized carbons (Fsp3) is 0.667. The maximum absolute atomic E-state index is 5.44. The van der Waals surface area contributed by atoms with Crippen LogP contribution in [0.4, 0.5) is 0 Å². The summed E-state index contributed by atoms with van der Waals surface area (Å²) in [6.07, 6.45) is 9.41. The highest BCUT2D eigenvalue weighted by molar-refractivity contribution is 7.99. The third-order valence-corrected chi connectivity index (χ3v) is 5.12. The van der Waals surface area contributed by atoms with Crippen molar-refractivity contribution in [3.05, 3.63) is 23.8 Å². The predicted octanol–water partition coefficient (Wildman–Crippen LogP) is 5.44. The Morgan fingerprint density at radius 2 is 1.81 bits per heavy atom. The van der Waals surface area contributed by atoms with Crippen LogP contribution >= 0.6 is 11.8 Å². The molecule has 1 unspecified atom stereocenters. The van der Waals surface area contributed by atoms with Gasteiger partial charge >= 0.3 is 0 Å². The first kappa shape index (κ1) is 16.5. The van der Waals surface area contributed by atoms with Crippen LogP contribution in [0.15, 0.2) is 18.2 Å². The molecular weight excluding hydrogens is 280 g/mol. The van der Waals surface area contributed by atoms with Gasteiger partial charge in [-0.2, -0.15) is 11.8 Å². The summed E-state index contributed by atoms with van der Waals surface area (Å²) < 4.78 is 10.8. The van der Waals surface area contributed by atoms with Crippen LogP contribution in [-0.4, -0.2) is 17.8 Å². The maximum Gasteiger partial charge on any atom is 0.231 e. The Hall–Kier alpha value is -0.830. The summed E-state index contributed by atoms with van der Waals surface area (Å²) >= 11 is 2.10. The Balaban J connectivity index is 1.60. The van der Waals surface area contributed by atoms with Crippen molar-refractivity contribution in [3.8, 4) is 11.5 Å². The second-order valence-electron chi connectivity index (χ2n) is 5.84. The zero-order valence-electron chi connectivity index (χ0n) is 13.4. The summed E-state index contributed by atoms with van der Waals surface area (Å²) in [7, 11) is 0. The van der Waals surface area contributed by atoms with Crippen molar-refractivity contribution in [1.29, 1.82) is 0 Å². The van der Waals surface area contributed by atoms with Crippen LogP contribution in [0.2, 0.25) is 0 Å². The highest BCUT2D eigenvalue weighted by Gasteiger charge is 2.14. The fourth-order valence-electron chi connectivity index (χ4n) is 2.63. The molecule has 1 aromatic rings. The van der Waals surface area contributed by atoms with Crippen molar-refractivity contribution in [3.63, 3.8) is 0 Å². The summed E-state index contributed by atoms with van der Waals surface area (Å²) in [6.45, 7) is 4.96. The van der Waals surface area contributed by atoms with Gasteiger partial charge in [0.25, 0.3) is 0 Å². The molecule has 0 N–H and O–H groups in total. The van der Waals surface area contributed by atoms with Gasteiger partial charge in [0.15, 0.2) is 11.5 Å². The van der Waals surface area contributed by atoms with E-state index in [1.54, 1.807) is 0 Å². The molecule has 1 aliphatic heterocycles. The summed E-state index contributed by atoms with van der Waals surface area (Å²) in [6, 6.07) is 6.32. The van der Waals surface area contributed by atoms with E-state index in [9.17, 15) is 0 Å². The average Bonchev–Trinajstić information content (AvgIpc) is 2.94. The number of thioether (sulfide) groups is 1. The third-order valence-electron chi connectivity index (χ3n) is 3.86. The molecule has 0 saturated carbocycles. The quantitative estimate of drug-likeness (QED) is 0.536. The summed E-state index contributed by atoms with van der Waals surface area (Å²) in [5.41, 5.74) is 1.35. The van der Waals surface area contributed by atoms with Crippen LogP contribution in [0, 0.1) is 0 Å². The molecule has 1 atom stereocenters. The number of hydrogen-bond donors (Lipinski definition) is 0. The van der Waals surface area contributed by atoms with E-state index in [2.05, 4.69) is 37.7 Å². The van der Waals surface area contributed by atoms with Gasteiger partial charge in [-0.25, -0.2) is 0 Å². The van der Waals surface area contributed by atoms with Crippen LogP contribution in [0.25, 0.3) is 0 Å². The Morgan fingerprint density at radius 1 is 1.05 bits per heavy atom. The maximum atomic E-state index is 5.44. The van der Waals surface area contributed by atoms with E-state index in [1.807, 2.05) is 6.07 Å². The second-order valence-corrected chi connectivity index (χ2v) is 7.39. The minimum absolute atomic E-state index is 0.362. The molecule has 0 amide bonds. The van der Waals surface area contributed by atoms with Crippen molar-refractivity contribution in [2.75, 3.05) is 12.5 Å². The lowest BCUT2D eigenvalue weighted by Gasteiger charge is -2.11. The fourth-order valence-corrected chi connectivity index (χ4v) is 3.71. The smallest absolute Gasteiger partial charge is 0.231 e. The van der Waals surface area contributed by atoms with E-state index in [0.717, 1.165) is 17.9 Å². The molecule has 118 valence electrons. The second kappa shape index (κ2) is 9.24. The molecule has 21 heavy (non-hydrogen) atoms. The Kier molecular flexibility index (Phi) is 7.28. The monoisotopic (exact) mass is 308 g/mol. The highest BCUT2D eigenvalue weighted by Crippen LogP contribution is 2.33. The third kappa shape index (κ3) is 5.82. The van der Waals surface area contributed by atoms with Crippen LogP contribution in [0.3, 0.4) is 0 Å². The lowest BCUT2D eigenvalue weighted by molar-refractivity contribution is 0.174. The summed E-state index contributed by atoms with van der Waals surface area (Å²) in [5, 5.41) is 0.668. The molecule has 1 aliphatic rings. The van der Waals surface area contributed by atoms with Crippen molar-refractivity contribution >= 4 is 11.8 Å². The molecule has 2 rings (SSSR count). The van der Waals surface area contributed by atoms with Crippen molar-refractivity contribution in [2.45, 2.75) is 64.0 Å². The number of benzene rings is 1. The summed E-state index contributed by atoms with van der Waals surface area (Å²) in [4.78, 5) is 0. The molecule has 1 aromatic carbocycles. The molecule has 3 heteroatoms. The normalized spacial score (nSPS) is 14.4. The first-order chi connectivity index (χ1) is 10.3. The lowest BCUT2D eigenvalue weighted by atomic mass is 10.1. The molecule has 1 heterocycles. The van der Waals surface area contributed by atoms with Gasteiger partial charge < -0.3 is 9.47 Å². The standard InChI is InChI=1S/C18H28O2S/c1-3-4-5-6-7-8-11-21-15(2)12-16-9-10-17-18(13-16)20-14-19-17/h9-10,13,15H,3-8,11-12,14H2,1-2H3. The lowest BCUT2D eigenvalue weighted by Crippen LogP contribution is -2.02. The number of hydrogen-bond acceptors (Lipinski definition) is 3. The molecule has 0 radical (unpaired) electrons. The zero-order chi connectivity index (χ0) is 14.9. The number of rotatable bonds is 10. The molecule has 0 saturated heterocycles. The Morgan fingerprint density at radius 3 is 2.67 bits per heavy atom. The van der Waals surface area contributed by atoms with E-state index in [0.29, 0.717) is 12.0 Å². The van der Waals surface area contributed by atoms with E-state index >= 15 is 0 Å². The van der Waals surface area contributed by atoms with Gasteiger partial charge in [-0.3, -0.25) is 0 Å². The van der Waals surface area contributed by atoms with Gasteiger partial charge in [0.1, 0.15) is 0 Å². The minimum Gasteiger partial charge on any atom is -0.454 e. The Labute approximate surface area is 133 Å². The van der Waals surface area contributed by atoms with E-state index in [-0.39, 0.29) is 0 Å². The highest BCUT2D eigenvalue weighted by atomic mass is 32.2. The van der Waals surface area contributed by atoms with Crippen LogP contribution < -0.4 is 9.47 Å². The topological polar surface area (TPSA) is 18.5 Å². The van der Waals surface area contributed by atoms with Crippen molar-refractivity contribution in [2.24, 2.45) is 0 Å². The molecular formula is C18H28O2S. The largest absolute Gasteiger partial charge is 0.454 e. The molecule has 0 bridgehead atoms. The molecule has 0 spiro atoms. The SMILES string of the molecule is CCCCCCCCSC(C)Cc1ccc2c(c1)OCO2. The van der Waals surface area contributed by atoms with Gasteiger partial charge in [-0.15, -0.1) is 0 Å².